The van der Waals surface area contributed by atoms with E-state index in [2.05, 4.69) is 20.8 Å². The molecule has 1 N–H and O–H groups in total. The Balaban J connectivity index is 1.29. The first-order valence-corrected chi connectivity index (χ1v) is 13.6. The second-order valence-electron chi connectivity index (χ2n) is 9.26. The van der Waals surface area contributed by atoms with Crippen LogP contribution in [0.3, 0.4) is 0 Å². The number of nitrogens with zero attached hydrogens (tertiary/aromatic N) is 6. The largest absolute Gasteiger partial charge is 0.462 e. The van der Waals surface area contributed by atoms with Crippen LogP contribution in [0.5, 0.6) is 0 Å². The van der Waals surface area contributed by atoms with Crippen molar-refractivity contribution < 1.29 is 9.53 Å². The van der Waals surface area contributed by atoms with Crippen LogP contribution in [-0.4, -0.2) is 49.2 Å². The van der Waals surface area contributed by atoms with Gasteiger partial charge in [-0.25, -0.2) is 4.79 Å². The number of thiophene rings is 1. The zero-order valence-electron chi connectivity index (χ0n) is 20.7. The van der Waals surface area contributed by atoms with Crippen molar-refractivity contribution in [3.8, 4) is 16.8 Å². The standard InChI is InChI=1S/C26H24ClN7O3S/c1-3-37-26(36)22-9-16(12-38-22)24-14(2)29-25(30-24)21-7-5-18-8-15(10-23(35)34(18)21)19-11-17(27)4-6-20(19)33-13-28-31-32-33/h4,6,8-14,21,24H,3,5,7H2,1-2H3,(H,29,30)/t14?,21-,24?/m0/s1. The van der Waals surface area contributed by atoms with E-state index >= 15 is 0 Å². The smallest absolute Gasteiger partial charge is 0.348 e. The van der Waals surface area contributed by atoms with Crippen LogP contribution in [0.25, 0.3) is 16.8 Å². The summed E-state index contributed by atoms with van der Waals surface area (Å²) in [5.41, 5.74) is 4.07. The van der Waals surface area contributed by atoms with Crippen molar-refractivity contribution in [2.24, 2.45) is 4.99 Å². The summed E-state index contributed by atoms with van der Waals surface area (Å²) in [6.45, 7) is 4.17. The molecular formula is C26H24ClN7O3S. The lowest BCUT2D eigenvalue weighted by atomic mass is 10.0. The van der Waals surface area contributed by atoms with Crippen LogP contribution in [0, 0.1) is 0 Å². The number of hydrogen-bond donors (Lipinski definition) is 1. The molecule has 6 rings (SSSR count). The summed E-state index contributed by atoms with van der Waals surface area (Å²) < 4.78 is 8.50. The first kappa shape index (κ1) is 24.5. The molecule has 0 fully saturated rings. The van der Waals surface area contributed by atoms with Crippen molar-refractivity contribution in [2.45, 2.75) is 44.8 Å². The molecule has 0 saturated heterocycles. The Bertz CT molecular complexity index is 1610. The lowest BCUT2D eigenvalue weighted by Gasteiger charge is -2.19. The molecule has 3 atom stereocenters. The minimum Gasteiger partial charge on any atom is -0.462 e. The molecule has 0 spiro atoms. The highest BCUT2D eigenvalue weighted by Crippen LogP contribution is 2.35. The Hall–Kier alpha value is -3.83. The van der Waals surface area contributed by atoms with Crippen LogP contribution in [0.15, 0.2) is 57.9 Å². The molecule has 0 saturated carbocycles. The number of aromatic nitrogens is 5. The van der Waals surface area contributed by atoms with E-state index in [0.29, 0.717) is 16.5 Å². The van der Waals surface area contributed by atoms with E-state index in [0.717, 1.165) is 46.7 Å². The predicted octanol–water partition coefficient (Wildman–Crippen LogP) is 4.00. The number of fused-ring (bicyclic) bond motifs is 1. The van der Waals surface area contributed by atoms with Gasteiger partial charge in [0.2, 0.25) is 0 Å². The van der Waals surface area contributed by atoms with Gasteiger partial charge in [-0.1, -0.05) is 11.6 Å². The minimum absolute atomic E-state index is 0.0426. The van der Waals surface area contributed by atoms with Crippen molar-refractivity contribution in [3.63, 3.8) is 0 Å². The molecule has 0 bridgehead atoms. The molecule has 12 heteroatoms. The summed E-state index contributed by atoms with van der Waals surface area (Å²) in [5.74, 6) is 0.475. The zero-order valence-corrected chi connectivity index (χ0v) is 22.2. The van der Waals surface area contributed by atoms with E-state index in [9.17, 15) is 9.59 Å². The Morgan fingerprint density at radius 3 is 2.92 bits per heavy atom. The molecule has 2 unspecified atom stereocenters. The van der Waals surface area contributed by atoms with Gasteiger partial charge < -0.3 is 14.6 Å². The number of carbonyl (C=O) groups is 1. The number of aryl methyl sites for hydroxylation is 1. The van der Waals surface area contributed by atoms with E-state index < -0.39 is 0 Å². The molecule has 0 amide bonds. The van der Waals surface area contributed by atoms with Crippen molar-refractivity contribution >= 4 is 34.7 Å². The second kappa shape index (κ2) is 9.80. The highest BCUT2D eigenvalue weighted by atomic mass is 35.5. The molecule has 194 valence electrons. The average Bonchev–Trinajstić information content (AvgIpc) is 3.70. The normalized spacial score (nSPS) is 20.2. The number of carbonyl (C=O) groups excluding carboxylic acids is 1. The number of tetrazole rings is 1. The molecule has 3 aromatic heterocycles. The van der Waals surface area contributed by atoms with E-state index in [1.54, 1.807) is 23.7 Å². The van der Waals surface area contributed by atoms with Gasteiger partial charge in [0.05, 0.1) is 30.4 Å². The molecule has 0 radical (unpaired) electrons. The monoisotopic (exact) mass is 549 g/mol. The Morgan fingerprint density at radius 2 is 2.13 bits per heavy atom. The zero-order chi connectivity index (χ0) is 26.4. The summed E-state index contributed by atoms with van der Waals surface area (Å²) in [7, 11) is 0. The number of amidine groups is 1. The van der Waals surface area contributed by atoms with Crippen molar-refractivity contribution in [3.05, 3.63) is 79.6 Å². The predicted molar refractivity (Wildman–Crippen MR) is 144 cm³/mol. The van der Waals surface area contributed by atoms with Crippen LogP contribution < -0.4 is 10.9 Å². The number of ether oxygens (including phenoxy) is 1. The summed E-state index contributed by atoms with van der Waals surface area (Å²) >= 11 is 7.68. The number of aliphatic imine (C=N–C) groups is 1. The van der Waals surface area contributed by atoms with Gasteiger partial charge in [0, 0.05) is 22.3 Å². The Morgan fingerprint density at radius 1 is 1.26 bits per heavy atom. The number of halogens is 1. The maximum Gasteiger partial charge on any atom is 0.348 e. The summed E-state index contributed by atoms with van der Waals surface area (Å²) in [5, 5.41) is 17.5. The highest BCUT2D eigenvalue weighted by molar-refractivity contribution is 7.12. The second-order valence-corrected chi connectivity index (χ2v) is 10.6. The van der Waals surface area contributed by atoms with Gasteiger partial charge in [0.1, 0.15) is 17.0 Å². The lowest BCUT2D eigenvalue weighted by molar-refractivity contribution is 0.0532. The molecule has 1 aromatic carbocycles. The van der Waals surface area contributed by atoms with Gasteiger partial charge in [-0.2, -0.15) is 4.68 Å². The first-order chi connectivity index (χ1) is 18.4. The van der Waals surface area contributed by atoms with E-state index in [-0.39, 0.29) is 29.7 Å². The number of rotatable bonds is 6. The molecule has 2 aliphatic heterocycles. The van der Waals surface area contributed by atoms with Crippen molar-refractivity contribution in [1.82, 2.24) is 30.1 Å². The van der Waals surface area contributed by atoms with Gasteiger partial charge in [0.25, 0.3) is 5.56 Å². The van der Waals surface area contributed by atoms with E-state index in [1.165, 1.54) is 17.7 Å². The van der Waals surface area contributed by atoms with E-state index in [4.69, 9.17) is 21.3 Å². The van der Waals surface area contributed by atoms with Gasteiger partial charge in [-0.3, -0.25) is 9.79 Å². The quantitative estimate of drug-likeness (QED) is 0.361. The summed E-state index contributed by atoms with van der Waals surface area (Å²) in [6.07, 6.45) is 3.00. The van der Waals surface area contributed by atoms with Crippen LogP contribution >= 0.6 is 22.9 Å². The molecular weight excluding hydrogens is 526 g/mol. The number of nitrogens with one attached hydrogen (secondary N) is 1. The number of pyridine rings is 1. The Kier molecular flexibility index (Phi) is 6.32. The Labute approximate surface area is 226 Å². The fourth-order valence-corrected chi connectivity index (χ4v) is 6.21. The van der Waals surface area contributed by atoms with Gasteiger partial charge in [0.15, 0.2) is 0 Å². The third-order valence-corrected chi connectivity index (χ3v) is 8.06. The maximum absolute atomic E-state index is 13.5. The number of esters is 1. The molecule has 2 aliphatic rings. The fraction of sp³-hybridized carbons (Fsp3) is 0.308. The first-order valence-electron chi connectivity index (χ1n) is 12.3. The van der Waals surface area contributed by atoms with Gasteiger partial charge >= 0.3 is 5.97 Å². The maximum atomic E-state index is 13.5. The van der Waals surface area contributed by atoms with Crippen LogP contribution in [0.2, 0.25) is 5.02 Å². The molecule has 5 heterocycles. The third-order valence-electron chi connectivity index (χ3n) is 6.90. The number of benzene rings is 1. The molecule has 0 aliphatic carbocycles. The molecule has 38 heavy (non-hydrogen) atoms. The SMILES string of the molecule is CCOC(=O)c1cc(C2NC([C@@H]3CCc4cc(-c5cc(Cl)ccc5-n5cnnn5)cc(=O)n43)=NC2C)cs1. The summed E-state index contributed by atoms with van der Waals surface area (Å²) in [6, 6.07) is 10.6. The highest BCUT2D eigenvalue weighted by Gasteiger charge is 2.35. The van der Waals surface area contributed by atoms with Crippen LogP contribution in [0.1, 0.15) is 53.3 Å². The number of hydrogen-bond acceptors (Lipinski definition) is 9. The van der Waals surface area contributed by atoms with Crippen LogP contribution in [-0.2, 0) is 11.2 Å². The third kappa shape index (κ3) is 4.31. The van der Waals surface area contributed by atoms with E-state index in [1.807, 2.05) is 41.1 Å². The van der Waals surface area contributed by atoms with Crippen molar-refractivity contribution in [1.29, 1.82) is 0 Å². The van der Waals surface area contributed by atoms with Gasteiger partial charge in [-0.15, -0.1) is 16.4 Å². The van der Waals surface area contributed by atoms with Crippen molar-refractivity contribution in [2.75, 3.05) is 6.61 Å². The topological polar surface area (TPSA) is 116 Å². The lowest BCUT2D eigenvalue weighted by Crippen LogP contribution is -2.34. The summed E-state index contributed by atoms with van der Waals surface area (Å²) in [4.78, 5) is 31.1. The molecule has 4 aromatic rings. The van der Waals surface area contributed by atoms with Crippen LogP contribution in [0.4, 0.5) is 0 Å². The fourth-order valence-electron chi connectivity index (χ4n) is 5.20. The molecule has 10 nitrogen and oxygen atoms in total. The van der Waals surface area contributed by atoms with Gasteiger partial charge in [-0.05, 0) is 84.0 Å². The minimum atomic E-state index is -0.314. The average molecular weight is 550 g/mol.